The molecule has 0 bridgehead atoms. The van der Waals surface area contributed by atoms with Crippen molar-refractivity contribution in [2.24, 2.45) is 7.05 Å². The maximum atomic E-state index is 5.48. The molecule has 4 rings (SSSR count). The number of hydrogen-bond acceptors (Lipinski definition) is 4. The molecule has 0 radical (unpaired) electrons. The molecule has 0 N–H and O–H groups in total. The Morgan fingerprint density at radius 1 is 1.29 bits per heavy atom. The van der Waals surface area contributed by atoms with Crippen molar-refractivity contribution in [3.05, 3.63) is 54.3 Å². The minimum atomic E-state index is 0.109. The fraction of sp³-hybridized carbons (Fsp3) is 0.312. The molecule has 2 aromatic heterocycles. The van der Waals surface area contributed by atoms with Crippen LogP contribution in [0.4, 0.5) is 0 Å². The van der Waals surface area contributed by atoms with Gasteiger partial charge in [0.05, 0.1) is 12.5 Å². The molecule has 0 saturated heterocycles. The number of benzene rings is 1. The Balaban J connectivity index is 1.63. The van der Waals surface area contributed by atoms with Crippen LogP contribution in [0.1, 0.15) is 30.7 Å². The number of hydrogen-bond donors (Lipinski definition) is 0. The van der Waals surface area contributed by atoms with E-state index in [1.807, 2.05) is 17.7 Å². The molecule has 0 amide bonds. The van der Waals surface area contributed by atoms with E-state index in [9.17, 15) is 0 Å². The van der Waals surface area contributed by atoms with Gasteiger partial charge >= 0.3 is 0 Å². The summed E-state index contributed by atoms with van der Waals surface area (Å²) in [4.78, 5) is 8.64. The summed E-state index contributed by atoms with van der Waals surface area (Å²) in [7, 11) is 1.92. The monoisotopic (exact) mass is 280 g/mol. The van der Waals surface area contributed by atoms with E-state index in [-0.39, 0.29) is 5.41 Å². The summed E-state index contributed by atoms with van der Waals surface area (Å²) in [5.74, 6) is 1.62. The number of nitrogens with zero attached hydrogens (tertiary/aromatic N) is 4. The second-order valence-electron chi connectivity index (χ2n) is 5.89. The lowest BCUT2D eigenvalue weighted by Gasteiger charge is -2.09. The molecule has 21 heavy (non-hydrogen) atoms. The van der Waals surface area contributed by atoms with Crippen LogP contribution >= 0.6 is 0 Å². The van der Waals surface area contributed by atoms with Gasteiger partial charge in [-0.05, 0) is 12.0 Å². The second kappa shape index (κ2) is 4.28. The van der Waals surface area contributed by atoms with E-state index in [1.165, 1.54) is 5.56 Å². The van der Waals surface area contributed by atoms with Gasteiger partial charge in [-0.15, -0.1) is 0 Å². The summed E-state index contributed by atoms with van der Waals surface area (Å²) in [6, 6.07) is 10.5. The molecule has 2 heterocycles. The maximum absolute atomic E-state index is 5.48. The third-order valence-electron chi connectivity index (χ3n) is 4.46. The van der Waals surface area contributed by atoms with E-state index in [1.54, 1.807) is 12.5 Å². The van der Waals surface area contributed by atoms with Crippen LogP contribution in [0.5, 0.6) is 0 Å². The first-order chi connectivity index (χ1) is 10.2. The molecular weight excluding hydrogens is 264 g/mol. The van der Waals surface area contributed by atoms with Gasteiger partial charge in [0.2, 0.25) is 11.7 Å². The lowest BCUT2D eigenvalue weighted by molar-refractivity contribution is 0.373. The summed E-state index contributed by atoms with van der Waals surface area (Å²) in [6.45, 7) is 2.25. The highest BCUT2D eigenvalue weighted by Crippen LogP contribution is 2.59. The molecule has 2 atom stereocenters. The van der Waals surface area contributed by atoms with E-state index in [4.69, 9.17) is 4.52 Å². The quantitative estimate of drug-likeness (QED) is 0.740. The fourth-order valence-electron chi connectivity index (χ4n) is 2.92. The molecule has 1 saturated carbocycles. The van der Waals surface area contributed by atoms with Crippen molar-refractivity contribution in [2.45, 2.75) is 24.7 Å². The van der Waals surface area contributed by atoms with Crippen LogP contribution in [-0.4, -0.2) is 19.7 Å². The zero-order valence-electron chi connectivity index (χ0n) is 12.0. The lowest BCUT2D eigenvalue weighted by Crippen LogP contribution is -2.03. The Bertz CT molecular complexity index is 776. The van der Waals surface area contributed by atoms with E-state index < -0.39 is 0 Å². The molecule has 1 aliphatic rings. The van der Waals surface area contributed by atoms with Crippen molar-refractivity contribution in [2.75, 3.05) is 0 Å². The highest BCUT2D eigenvalue weighted by molar-refractivity contribution is 5.48. The van der Waals surface area contributed by atoms with Crippen LogP contribution in [0.25, 0.3) is 11.5 Å². The smallest absolute Gasteiger partial charge is 0.231 e. The zero-order chi connectivity index (χ0) is 14.4. The largest absolute Gasteiger partial charge is 0.339 e. The van der Waals surface area contributed by atoms with Crippen LogP contribution < -0.4 is 0 Å². The van der Waals surface area contributed by atoms with Gasteiger partial charge in [-0.1, -0.05) is 42.4 Å². The van der Waals surface area contributed by atoms with Gasteiger partial charge in [0.1, 0.15) is 5.69 Å². The molecule has 0 spiro atoms. The van der Waals surface area contributed by atoms with Crippen molar-refractivity contribution in [3.63, 3.8) is 0 Å². The van der Waals surface area contributed by atoms with E-state index >= 15 is 0 Å². The molecule has 1 aromatic carbocycles. The topological polar surface area (TPSA) is 56.7 Å². The van der Waals surface area contributed by atoms with Crippen LogP contribution in [0.15, 0.2) is 47.4 Å². The number of aryl methyl sites for hydroxylation is 1. The number of rotatable bonds is 3. The number of aromatic nitrogens is 4. The standard InChI is InChI=1S/C16H16N4O/c1-16(11-6-4-3-5-7-11)8-12(16)15-18-14(19-21-15)13-9-17-10-20(13)2/h3-7,9-10,12H,8H2,1-2H3/t12-,16+/m0/s1. The third-order valence-corrected chi connectivity index (χ3v) is 4.46. The van der Waals surface area contributed by atoms with Gasteiger partial charge in [0.25, 0.3) is 0 Å². The normalized spacial score (nSPS) is 24.2. The fourth-order valence-corrected chi connectivity index (χ4v) is 2.92. The first-order valence-corrected chi connectivity index (χ1v) is 7.04. The van der Waals surface area contributed by atoms with Crippen molar-refractivity contribution >= 4 is 0 Å². The Hall–Kier alpha value is -2.43. The molecule has 5 nitrogen and oxygen atoms in total. The first kappa shape index (κ1) is 12.3. The van der Waals surface area contributed by atoms with Crippen LogP contribution in [0.3, 0.4) is 0 Å². The van der Waals surface area contributed by atoms with Gasteiger partial charge in [-0.25, -0.2) is 4.98 Å². The van der Waals surface area contributed by atoms with Crippen molar-refractivity contribution in [3.8, 4) is 11.5 Å². The van der Waals surface area contributed by atoms with Gasteiger partial charge < -0.3 is 9.09 Å². The highest BCUT2D eigenvalue weighted by atomic mass is 16.5. The van der Waals surface area contributed by atoms with Gasteiger partial charge in [-0.2, -0.15) is 4.98 Å². The van der Waals surface area contributed by atoms with Crippen molar-refractivity contribution in [1.29, 1.82) is 0 Å². The van der Waals surface area contributed by atoms with E-state index in [0.29, 0.717) is 11.7 Å². The van der Waals surface area contributed by atoms with Gasteiger partial charge in [-0.3, -0.25) is 0 Å². The minimum Gasteiger partial charge on any atom is -0.339 e. The third kappa shape index (κ3) is 1.88. The average Bonchev–Trinajstić information content (AvgIpc) is 2.87. The number of imidazole rings is 1. The Labute approximate surface area is 122 Å². The van der Waals surface area contributed by atoms with Crippen molar-refractivity contribution in [1.82, 2.24) is 19.7 Å². The molecule has 5 heteroatoms. The van der Waals surface area contributed by atoms with Gasteiger partial charge in [0.15, 0.2) is 0 Å². The van der Waals surface area contributed by atoms with Crippen LogP contribution in [0.2, 0.25) is 0 Å². The summed E-state index contributed by atoms with van der Waals surface area (Å²) in [5.41, 5.74) is 2.31. The highest BCUT2D eigenvalue weighted by Gasteiger charge is 2.55. The molecule has 1 fully saturated rings. The predicted octanol–water partition coefficient (Wildman–Crippen LogP) is 2.92. The summed E-state index contributed by atoms with van der Waals surface area (Å²) in [6.07, 6.45) is 4.53. The minimum absolute atomic E-state index is 0.109. The molecule has 0 aliphatic heterocycles. The predicted molar refractivity (Wildman–Crippen MR) is 77.7 cm³/mol. The first-order valence-electron chi connectivity index (χ1n) is 7.04. The molecule has 106 valence electrons. The lowest BCUT2D eigenvalue weighted by atomic mass is 9.95. The second-order valence-corrected chi connectivity index (χ2v) is 5.89. The summed E-state index contributed by atoms with van der Waals surface area (Å²) in [5, 5.41) is 4.09. The van der Waals surface area contributed by atoms with Crippen LogP contribution in [0, 0.1) is 0 Å². The Morgan fingerprint density at radius 3 is 2.81 bits per heavy atom. The Kier molecular flexibility index (Phi) is 2.51. The van der Waals surface area contributed by atoms with Crippen molar-refractivity contribution < 1.29 is 4.52 Å². The SMILES string of the molecule is Cn1cncc1-c1noc([C@@H]2C[C@]2(C)c2ccccc2)n1. The van der Waals surface area contributed by atoms with Gasteiger partial charge in [0, 0.05) is 18.4 Å². The summed E-state index contributed by atoms with van der Waals surface area (Å²) >= 11 is 0. The maximum Gasteiger partial charge on any atom is 0.231 e. The molecule has 0 unspecified atom stereocenters. The zero-order valence-corrected chi connectivity index (χ0v) is 12.0. The molecule has 1 aliphatic carbocycles. The Morgan fingerprint density at radius 2 is 2.10 bits per heavy atom. The summed E-state index contributed by atoms with van der Waals surface area (Å²) < 4.78 is 7.37. The van der Waals surface area contributed by atoms with E-state index in [2.05, 4.69) is 46.3 Å². The van der Waals surface area contributed by atoms with E-state index in [0.717, 1.165) is 18.0 Å². The molecular formula is C16H16N4O. The molecule has 3 aromatic rings. The average molecular weight is 280 g/mol. The van der Waals surface area contributed by atoms with Crippen LogP contribution in [-0.2, 0) is 12.5 Å².